The first-order chi connectivity index (χ1) is 13.0. The average molecular weight is 385 g/mol. The first kappa shape index (κ1) is 21.7. The summed E-state index contributed by atoms with van der Waals surface area (Å²) in [5.74, 6) is 0.287. The second kappa shape index (κ2) is 8.59. The molecule has 0 bridgehead atoms. The minimum atomic E-state index is -0.226. The summed E-state index contributed by atoms with van der Waals surface area (Å²) in [4.78, 5) is 26.0. The molecule has 6 heteroatoms. The van der Waals surface area contributed by atoms with Crippen LogP contribution in [0.1, 0.15) is 57.9 Å². The molecule has 6 nitrogen and oxygen atoms in total. The smallest absolute Gasteiger partial charge is 0.245 e. The quantitative estimate of drug-likeness (QED) is 0.819. The first-order valence-corrected chi connectivity index (χ1v) is 9.77. The molecule has 0 saturated carbocycles. The van der Waals surface area contributed by atoms with Crippen LogP contribution in [0, 0.1) is 13.8 Å². The third-order valence-electron chi connectivity index (χ3n) is 4.82. The molecule has 0 spiro atoms. The molecule has 0 aliphatic carbocycles. The van der Waals surface area contributed by atoms with Gasteiger partial charge in [0.15, 0.2) is 0 Å². The summed E-state index contributed by atoms with van der Waals surface area (Å²) >= 11 is 0. The number of carbonyl (C=O) groups is 2. The summed E-state index contributed by atoms with van der Waals surface area (Å²) in [6.45, 7) is 14.4. The van der Waals surface area contributed by atoms with Crippen LogP contribution in [0.2, 0.25) is 0 Å². The van der Waals surface area contributed by atoms with Crippen molar-refractivity contribution in [3.05, 3.63) is 41.1 Å². The van der Waals surface area contributed by atoms with Gasteiger partial charge in [0.2, 0.25) is 11.8 Å². The fourth-order valence-electron chi connectivity index (χ4n) is 2.96. The van der Waals surface area contributed by atoms with Gasteiger partial charge in [0, 0.05) is 24.9 Å². The van der Waals surface area contributed by atoms with E-state index in [9.17, 15) is 9.59 Å². The number of benzene rings is 1. The highest BCUT2D eigenvalue weighted by Crippen LogP contribution is 2.28. The van der Waals surface area contributed by atoms with Crippen molar-refractivity contribution in [2.24, 2.45) is 0 Å². The number of nitrogens with one attached hydrogen (secondary N) is 1. The molecule has 1 N–H and O–H groups in total. The molecule has 0 fully saturated rings. The van der Waals surface area contributed by atoms with Crippen LogP contribution in [0.5, 0.6) is 0 Å². The monoisotopic (exact) mass is 384 g/mol. The van der Waals surface area contributed by atoms with Crippen molar-refractivity contribution in [1.29, 1.82) is 0 Å². The van der Waals surface area contributed by atoms with Crippen LogP contribution in [0.3, 0.4) is 0 Å². The number of aromatic nitrogens is 2. The summed E-state index contributed by atoms with van der Waals surface area (Å²) in [6.07, 6.45) is 0.807. The number of anilines is 1. The number of hydrogen-bond acceptors (Lipinski definition) is 3. The molecular weight excluding hydrogens is 352 g/mol. The van der Waals surface area contributed by atoms with Gasteiger partial charge in [-0.1, -0.05) is 39.8 Å². The lowest BCUT2D eigenvalue weighted by Crippen LogP contribution is -2.37. The lowest BCUT2D eigenvalue weighted by molar-refractivity contribution is -0.132. The van der Waals surface area contributed by atoms with Gasteiger partial charge in [-0.25, -0.2) is 4.68 Å². The maximum Gasteiger partial charge on any atom is 0.245 e. The van der Waals surface area contributed by atoms with E-state index >= 15 is 0 Å². The Hall–Kier alpha value is -2.63. The predicted octanol–water partition coefficient (Wildman–Crippen LogP) is 3.98. The summed E-state index contributed by atoms with van der Waals surface area (Å²) in [5, 5.41) is 7.74. The number of carbonyl (C=O) groups excluding carboxylic acids is 2. The third-order valence-corrected chi connectivity index (χ3v) is 4.82. The normalized spacial score (nSPS) is 11.4. The highest BCUT2D eigenvalue weighted by Gasteiger charge is 2.23. The molecule has 28 heavy (non-hydrogen) atoms. The highest BCUT2D eigenvalue weighted by atomic mass is 16.2. The molecule has 0 aliphatic rings. The topological polar surface area (TPSA) is 67.2 Å². The zero-order chi connectivity index (χ0) is 21.1. The van der Waals surface area contributed by atoms with E-state index in [-0.39, 0.29) is 23.8 Å². The van der Waals surface area contributed by atoms with E-state index in [1.54, 1.807) is 9.58 Å². The van der Waals surface area contributed by atoms with Crippen LogP contribution in [-0.2, 0) is 15.0 Å². The highest BCUT2D eigenvalue weighted by molar-refractivity contribution is 5.94. The molecule has 0 aliphatic heterocycles. The lowest BCUT2D eigenvalue weighted by atomic mass is 9.92. The first-order valence-electron chi connectivity index (χ1n) is 9.77. The van der Waals surface area contributed by atoms with E-state index in [4.69, 9.17) is 5.10 Å². The fraction of sp³-hybridized carbons (Fsp3) is 0.500. The molecule has 2 aromatic rings. The largest absolute Gasteiger partial charge is 0.334 e. The second-order valence-electron chi connectivity index (χ2n) is 8.28. The van der Waals surface area contributed by atoms with Gasteiger partial charge in [-0.15, -0.1) is 0 Å². The minimum absolute atomic E-state index is 0.0337. The van der Waals surface area contributed by atoms with E-state index < -0.39 is 0 Å². The number of amides is 2. The van der Waals surface area contributed by atoms with Gasteiger partial charge in [-0.05, 0) is 37.5 Å². The molecule has 0 atom stereocenters. The van der Waals surface area contributed by atoms with Gasteiger partial charge in [-0.3, -0.25) is 9.59 Å². The zero-order valence-corrected chi connectivity index (χ0v) is 18.1. The molecule has 2 amide bonds. The third kappa shape index (κ3) is 5.00. The number of aryl methyl sites for hydroxylation is 1. The van der Waals surface area contributed by atoms with Crippen LogP contribution < -0.4 is 5.32 Å². The Balaban J connectivity index is 2.40. The second-order valence-corrected chi connectivity index (χ2v) is 8.28. The lowest BCUT2D eigenvalue weighted by Gasteiger charge is -2.20. The number of rotatable bonds is 6. The van der Waals surface area contributed by atoms with Crippen molar-refractivity contribution in [2.75, 3.05) is 18.4 Å². The molecule has 1 heterocycles. The van der Waals surface area contributed by atoms with Gasteiger partial charge in [0.1, 0.15) is 5.82 Å². The standard InChI is InChI=1S/C22H32N4O2/c1-8-12-25(17(4)27)14-21(28)23-20-13-19(22(5,6)7)24-26(20)18-11-9-10-15(2)16(18)3/h9-11,13H,8,12,14H2,1-7H3,(H,23,28). The Morgan fingerprint density at radius 1 is 1.21 bits per heavy atom. The summed E-state index contributed by atoms with van der Waals surface area (Å²) in [5.41, 5.74) is 3.94. The van der Waals surface area contributed by atoms with E-state index in [0.717, 1.165) is 28.9 Å². The van der Waals surface area contributed by atoms with E-state index in [2.05, 4.69) is 39.1 Å². The molecule has 2 rings (SSSR count). The Morgan fingerprint density at radius 2 is 1.89 bits per heavy atom. The van der Waals surface area contributed by atoms with Gasteiger partial charge in [-0.2, -0.15) is 5.10 Å². The zero-order valence-electron chi connectivity index (χ0n) is 18.1. The molecule has 152 valence electrons. The summed E-state index contributed by atoms with van der Waals surface area (Å²) in [6, 6.07) is 7.95. The Kier molecular flexibility index (Phi) is 6.65. The molecular formula is C22H32N4O2. The van der Waals surface area contributed by atoms with E-state index in [0.29, 0.717) is 12.4 Å². The van der Waals surface area contributed by atoms with Crippen molar-refractivity contribution in [3.8, 4) is 5.69 Å². The van der Waals surface area contributed by atoms with Gasteiger partial charge >= 0.3 is 0 Å². The van der Waals surface area contributed by atoms with Crippen LogP contribution in [-0.4, -0.2) is 39.6 Å². The Labute approximate surface area is 167 Å². The van der Waals surface area contributed by atoms with Gasteiger partial charge in [0.05, 0.1) is 17.9 Å². The van der Waals surface area contributed by atoms with E-state index in [1.165, 1.54) is 6.92 Å². The number of nitrogens with zero attached hydrogens (tertiary/aromatic N) is 3. The van der Waals surface area contributed by atoms with Crippen molar-refractivity contribution < 1.29 is 9.59 Å². The maximum atomic E-state index is 12.7. The van der Waals surface area contributed by atoms with Crippen molar-refractivity contribution in [1.82, 2.24) is 14.7 Å². The van der Waals surface area contributed by atoms with Crippen LogP contribution in [0.4, 0.5) is 5.82 Å². The molecule has 1 aromatic heterocycles. The Bertz CT molecular complexity index is 862. The fourth-order valence-corrected chi connectivity index (χ4v) is 2.96. The van der Waals surface area contributed by atoms with Crippen LogP contribution >= 0.6 is 0 Å². The van der Waals surface area contributed by atoms with Crippen LogP contribution in [0.25, 0.3) is 5.69 Å². The average Bonchev–Trinajstić information content (AvgIpc) is 3.00. The van der Waals surface area contributed by atoms with Crippen LogP contribution in [0.15, 0.2) is 24.3 Å². The molecule has 0 unspecified atom stereocenters. The Morgan fingerprint density at radius 3 is 2.46 bits per heavy atom. The van der Waals surface area contributed by atoms with Gasteiger partial charge < -0.3 is 10.2 Å². The summed E-state index contributed by atoms with van der Waals surface area (Å²) in [7, 11) is 0. The van der Waals surface area contributed by atoms with Crippen molar-refractivity contribution in [2.45, 2.75) is 60.3 Å². The summed E-state index contributed by atoms with van der Waals surface area (Å²) < 4.78 is 1.79. The molecule has 0 saturated heterocycles. The molecule has 0 radical (unpaired) electrons. The number of hydrogen-bond donors (Lipinski definition) is 1. The van der Waals surface area contributed by atoms with Gasteiger partial charge in [0.25, 0.3) is 0 Å². The minimum Gasteiger partial charge on any atom is -0.334 e. The maximum absolute atomic E-state index is 12.7. The van der Waals surface area contributed by atoms with Crippen molar-refractivity contribution >= 4 is 17.6 Å². The SMILES string of the molecule is CCCN(CC(=O)Nc1cc(C(C)(C)C)nn1-c1cccc(C)c1C)C(C)=O. The van der Waals surface area contributed by atoms with Crippen molar-refractivity contribution in [3.63, 3.8) is 0 Å². The molecule has 1 aromatic carbocycles. The predicted molar refractivity (Wildman–Crippen MR) is 113 cm³/mol. The van der Waals surface area contributed by atoms with E-state index in [1.807, 2.05) is 32.0 Å².